The summed E-state index contributed by atoms with van der Waals surface area (Å²) in [5, 5.41) is 13.2. The van der Waals surface area contributed by atoms with Gasteiger partial charge in [-0.2, -0.15) is 5.10 Å². The van der Waals surface area contributed by atoms with Gasteiger partial charge < -0.3 is 5.11 Å². The molecule has 0 aliphatic heterocycles. The number of rotatable bonds is 3. The molecule has 0 aliphatic rings. The molecule has 0 saturated carbocycles. The highest BCUT2D eigenvalue weighted by molar-refractivity contribution is 5.87. The lowest BCUT2D eigenvalue weighted by Gasteiger charge is -2.02. The van der Waals surface area contributed by atoms with Gasteiger partial charge in [0.05, 0.1) is 17.4 Å². The van der Waals surface area contributed by atoms with E-state index in [4.69, 9.17) is 5.11 Å². The van der Waals surface area contributed by atoms with E-state index in [1.807, 2.05) is 18.3 Å². The van der Waals surface area contributed by atoms with Gasteiger partial charge in [0.1, 0.15) is 0 Å². The Hall–Kier alpha value is -2.88. The zero-order valence-electron chi connectivity index (χ0n) is 11.5. The van der Waals surface area contributed by atoms with Gasteiger partial charge in [-0.25, -0.2) is 9.48 Å². The van der Waals surface area contributed by atoms with Crippen molar-refractivity contribution in [2.45, 2.75) is 6.92 Å². The fourth-order valence-corrected chi connectivity index (χ4v) is 2.19. The molecule has 1 N–H and O–H groups in total. The van der Waals surface area contributed by atoms with Gasteiger partial charge in [0.15, 0.2) is 0 Å². The smallest absolute Gasteiger partial charge is 0.335 e. The van der Waals surface area contributed by atoms with E-state index in [1.165, 1.54) is 5.56 Å². The molecule has 1 heterocycles. The van der Waals surface area contributed by atoms with Gasteiger partial charge in [0.2, 0.25) is 0 Å². The molecule has 21 heavy (non-hydrogen) atoms. The third kappa shape index (κ3) is 2.69. The maximum Gasteiger partial charge on any atom is 0.335 e. The van der Waals surface area contributed by atoms with E-state index in [0.29, 0.717) is 0 Å². The van der Waals surface area contributed by atoms with E-state index >= 15 is 0 Å². The number of aryl methyl sites for hydroxylation is 1. The van der Waals surface area contributed by atoms with Crippen LogP contribution in [-0.4, -0.2) is 20.9 Å². The third-order valence-electron chi connectivity index (χ3n) is 3.31. The third-order valence-corrected chi connectivity index (χ3v) is 3.31. The highest BCUT2D eigenvalue weighted by Crippen LogP contribution is 2.21. The molecule has 4 heteroatoms. The van der Waals surface area contributed by atoms with Gasteiger partial charge in [0.25, 0.3) is 0 Å². The number of carboxylic acids is 1. The summed E-state index contributed by atoms with van der Waals surface area (Å²) in [4.78, 5) is 10.8. The van der Waals surface area contributed by atoms with E-state index in [1.54, 1.807) is 35.1 Å². The average molecular weight is 278 g/mol. The van der Waals surface area contributed by atoms with Crippen LogP contribution in [0.25, 0.3) is 16.8 Å². The summed E-state index contributed by atoms with van der Waals surface area (Å²) >= 11 is 0. The van der Waals surface area contributed by atoms with E-state index in [0.717, 1.165) is 16.8 Å². The Morgan fingerprint density at radius 2 is 1.86 bits per heavy atom. The first-order valence-electron chi connectivity index (χ1n) is 6.59. The Bertz CT molecular complexity index is 789. The molecule has 104 valence electrons. The largest absolute Gasteiger partial charge is 0.478 e. The van der Waals surface area contributed by atoms with Gasteiger partial charge in [-0.05, 0) is 36.8 Å². The summed E-state index contributed by atoms with van der Waals surface area (Å²) in [7, 11) is 0. The molecule has 0 fully saturated rings. The molecule has 4 nitrogen and oxygen atoms in total. The van der Waals surface area contributed by atoms with E-state index in [9.17, 15) is 4.79 Å². The quantitative estimate of drug-likeness (QED) is 0.797. The number of hydrogen-bond donors (Lipinski definition) is 1. The molecule has 0 saturated heterocycles. The first-order chi connectivity index (χ1) is 10.1. The van der Waals surface area contributed by atoms with Crippen LogP contribution in [0.5, 0.6) is 0 Å². The molecule has 1 aromatic heterocycles. The van der Waals surface area contributed by atoms with Gasteiger partial charge in [0, 0.05) is 11.8 Å². The second kappa shape index (κ2) is 5.25. The Morgan fingerprint density at radius 1 is 1.10 bits per heavy atom. The Kier molecular flexibility index (Phi) is 3.28. The number of aromatic carboxylic acids is 1. The zero-order chi connectivity index (χ0) is 14.8. The number of carboxylic acid groups (broad SMARTS) is 1. The fourth-order valence-electron chi connectivity index (χ4n) is 2.19. The van der Waals surface area contributed by atoms with Crippen LogP contribution in [0.4, 0.5) is 0 Å². The number of hydrogen-bond acceptors (Lipinski definition) is 2. The summed E-state index contributed by atoms with van der Waals surface area (Å²) in [5.74, 6) is -0.928. The predicted molar refractivity (Wildman–Crippen MR) is 80.7 cm³/mol. The van der Waals surface area contributed by atoms with Crippen molar-refractivity contribution in [1.82, 2.24) is 9.78 Å². The van der Waals surface area contributed by atoms with Crippen molar-refractivity contribution in [2.24, 2.45) is 0 Å². The maximum absolute atomic E-state index is 10.8. The SMILES string of the molecule is Cc1cccc(-c2cnn(-c3ccc(C(=O)O)cc3)c2)c1. The Morgan fingerprint density at radius 3 is 2.52 bits per heavy atom. The van der Waals surface area contributed by atoms with Crippen LogP contribution in [0, 0.1) is 6.92 Å². The molecular weight excluding hydrogens is 264 g/mol. The molecule has 0 unspecified atom stereocenters. The van der Waals surface area contributed by atoms with Gasteiger partial charge >= 0.3 is 5.97 Å². The number of aromatic nitrogens is 2. The molecule has 0 bridgehead atoms. The second-order valence-electron chi connectivity index (χ2n) is 4.90. The summed E-state index contributed by atoms with van der Waals surface area (Å²) in [6.45, 7) is 2.05. The van der Waals surface area contributed by atoms with Crippen molar-refractivity contribution < 1.29 is 9.90 Å². The molecule has 2 aromatic carbocycles. The lowest BCUT2D eigenvalue weighted by Crippen LogP contribution is -1.98. The number of nitrogens with zero attached hydrogens (tertiary/aromatic N) is 2. The van der Waals surface area contributed by atoms with Crippen molar-refractivity contribution in [3.8, 4) is 16.8 Å². The topological polar surface area (TPSA) is 55.1 Å². The van der Waals surface area contributed by atoms with Crippen LogP contribution in [-0.2, 0) is 0 Å². The summed E-state index contributed by atoms with van der Waals surface area (Å²) < 4.78 is 1.74. The lowest BCUT2D eigenvalue weighted by atomic mass is 10.1. The van der Waals surface area contributed by atoms with Crippen LogP contribution < -0.4 is 0 Å². The lowest BCUT2D eigenvalue weighted by molar-refractivity contribution is 0.0697. The monoisotopic (exact) mass is 278 g/mol. The van der Waals surface area contributed by atoms with Crippen LogP contribution >= 0.6 is 0 Å². The van der Waals surface area contributed by atoms with Crippen molar-refractivity contribution >= 4 is 5.97 Å². The molecule has 0 radical (unpaired) electrons. The van der Waals surface area contributed by atoms with Gasteiger partial charge in [-0.3, -0.25) is 0 Å². The van der Waals surface area contributed by atoms with Crippen molar-refractivity contribution in [3.63, 3.8) is 0 Å². The van der Waals surface area contributed by atoms with Gasteiger partial charge in [-0.15, -0.1) is 0 Å². The molecule has 0 aliphatic carbocycles. The van der Waals surface area contributed by atoms with Crippen LogP contribution in [0.3, 0.4) is 0 Å². The second-order valence-corrected chi connectivity index (χ2v) is 4.90. The Balaban J connectivity index is 1.93. The molecular formula is C17H14N2O2. The van der Waals surface area contributed by atoms with Crippen LogP contribution in [0.15, 0.2) is 60.9 Å². The molecule has 3 aromatic rings. The van der Waals surface area contributed by atoms with Crippen molar-refractivity contribution in [3.05, 3.63) is 72.1 Å². The fraction of sp³-hybridized carbons (Fsp3) is 0.0588. The van der Waals surface area contributed by atoms with Crippen LogP contribution in [0.1, 0.15) is 15.9 Å². The molecule has 0 amide bonds. The zero-order valence-corrected chi connectivity index (χ0v) is 11.5. The van der Waals surface area contributed by atoms with E-state index in [-0.39, 0.29) is 5.56 Å². The predicted octanol–water partition coefficient (Wildman–Crippen LogP) is 3.55. The molecule has 0 atom stereocenters. The normalized spacial score (nSPS) is 10.5. The Labute approximate surface area is 122 Å². The summed E-state index contributed by atoms with van der Waals surface area (Å²) in [6, 6.07) is 14.9. The number of benzene rings is 2. The minimum Gasteiger partial charge on any atom is -0.478 e. The molecule has 3 rings (SSSR count). The first kappa shape index (κ1) is 13.1. The first-order valence-corrected chi connectivity index (χ1v) is 6.59. The van der Waals surface area contributed by atoms with Gasteiger partial charge in [-0.1, -0.05) is 29.8 Å². The summed E-state index contributed by atoms with van der Waals surface area (Å²) in [6.07, 6.45) is 3.74. The minimum atomic E-state index is -0.928. The van der Waals surface area contributed by atoms with Crippen molar-refractivity contribution in [1.29, 1.82) is 0 Å². The standard InChI is InChI=1S/C17H14N2O2/c1-12-3-2-4-14(9-12)15-10-18-19(11-15)16-7-5-13(6-8-16)17(20)21/h2-11H,1H3,(H,20,21). The average Bonchev–Trinajstić information content (AvgIpc) is 2.97. The number of carbonyl (C=O) groups is 1. The van der Waals surface area contributed by atoms with Crippen molar-refractivity contribution in [2.75, 3.05) is 0 Å². The van der Waals surface area contributed by atoms with E-state index in [2.05, 4.69) is 24.2 Å². The highest BCUT2D eigenvalue weighted by atomic mass is 16.4. The summed E-state index contributed by atoms with van der Waals surface area (Å²) in [5.41, 5.74) is 4.44. The van der Waals surface area contributed by atoms with E-state index < -0.39 is 5.97 Å². The highest BCUT2D eigenvalue weighted by Gasteiger charge is 2.05. The molecule has 0 spiro atoms. The maximum atomic E-state index is 10.8. The minimum absolute atomic E-state index is 0.268. The van der Waals surface area contributed by atoms with Crippen LogP contribution in [0.2, 0.25) is 0 Å².